The average Bonchev–Trinajstić information content (AvgIpc) is 2.26. The van der Waals surface area contributed by atoms with E-state index in [0.29, 0.717) is 5.56 Å². The van der Waals surface area contributed by atoms with Crippen LogP contribution in [0.25, 0.3) is 6.08 Å². The lowest BCUT2D eigenvalue weighted by Gasteiger charge is -2.20. The summed E-state index contributed by atoms with van der Waals surface area (Å²) in [6.07, 6.45) is -7.76. The van der Waals surface area contributed by atoms with E-state index in [4.69, 9.17) is 11.6 Å². The smallest absolute Gasteiger partial charge is 0.426 e. The molecule has 0 aliphatic rings. The van der Waals surface area contributed by atoms with Crippen LogP contribution < -0.4 is 4.74 Å². The van der Waals surface area contributed by atoms with Crippen molar-refractivity contribution in [2.75, 3.05) is 5.88 Å². The SMILES string of the molecule is FC(F)(F)C(F)(F)Oc1ccc(C=CCCl)cc1. The highest BCUT2D eigenvalue weighted by Crippen LogP contribution is 2.37. The van der Waals surface area contributed by atoms with Crippen molar-refractivity contribution in [1.29, 1.82) is 0 Å². The molecule has 0 unspecified atom stereocenters. The molecular weight excluding hydrogens is 279 g/mol. The number of ether oxygens (including phenoxy) is 1. The van der Waals surface area contributed by atoms with E-state index in [0.717, 1.165) is 12.1 Å². The Bertz CT molecular complexity index is 410. The summed E-state index contributed by atoms with van der Waals surface area (Å²) < 4.78 is 64.3. The van der Waals surface area contributed by atoms with Crippen LogP contribution in [-0.2, 0) is 0 Å². The van der Waals surface area contributed by atoms with Crippen LogP contribution in [0.15, 0.2) is 30.3 Å². The van der Waals surface area contributed by atoms with E-state index in [1.54, 1.807) is 12.2 Å². The highest BCUT2D eigenvalue weighted by molar-refractivity contribution is 6.19. The molecule has 0 N–H and O–H groups in total. The molecule has 0 amide bonds. The van der Waals surface area contributed by atoms with Gasteiger partial charge in [0.15, 0.2) is 0 Å². The predicted octanol–water partition coefficient (Wildman–Crippen LogP) is 4.47. The van der Waals surface area contributed by atoms with Crippen molar-refractivity contribution in [3.05, 3.63) is 35.9 Å². The highest BCUT2D eigenvalue weighted by Gasteiger charge is 2.61. The van der Waals surface area contributed by atoms with Gasteiger partial charge in [-0.1, -0.05) is 24.3 Å². The van der Waals surface area contributed by atoms with Crippen LogP contribution in [0.2, 0.25) is 0 Å². The summed E-state index contributed by atoms with van der Waals surface area (Å²) in [5.41, 5.74) is 0.610. The Morgan fingerprint density at radius 2 is 1.61 bits per heavy atom. The lowest BCUT2D eigenvalue weighted by Crippen LogP contribution is -2.41. The van der Waals surface area contributed by atoms with Crippen molar-refractivity contribution in [3.8, 4) is 5.75 Å². The maximum absolute atomic E-state index is 12.5. The maximum atomic E-state index is 12.5. The van der Waals surface area contributed by atoms with E-state index < -0.39 is 18.0 Å². The number of halogens is 6. The Morgan fingerprint density at radius 1 is 1.06 bits per heavy atom. The minimum Gasteiger partial charge on any atom is -0.426 e. The van der Waals surface area contributed by atoms with Gasteiger partial charge in [-0.15, -0.1) is 11.6 Å². The standard InChI is InChI=1S/C11H8ClF5O/c12-7-1-2-8-3-5-9(6-4-8)18-11(16,17)10(13,14)15/h1-6H,7H2. The van der Waals surface area contributed by atoms with Gasteiger partial charge in [0, 0.05) is 5.88 Å². The third-order valence-corrected chi connectivity index (χ3v) is 2.03. The van der Waals surface area contributed by atoms with Crippen molar-refractivity contribution in [2.45, 2.75) is 12.3 Å². The zero-order chi connectivity index (χ0) is 13.8. The fourth-order valence-corrected chi connectivity index (χ4v) is 1.12. The fraction of sp³-hybridized carbons (Fsp3) is 0.273. The summed E-state index contributed by atoms with van der Waals surface area (Å²) in [5.74, 6) is -0.301. The van der Waals surface area contributed by atoms with Gasteiger partial charge in [-0.25, -0.2) is 0 Å². The van der Waals surface area contributed by atoms with E-state index in [-0.39, 0.29) is 5.88 Å². The van der Waals surface area contributed by atoms with Crippen LogP contribution in [0.4, 0.5) is 22.0 Å². The number of allylic oxidation sites excluding steroid dienone is 1. The van der Waals surface area contributed by atoms with Gasteiger partial charge in [0.2, 0.25) is 0 Å². The zero-order valence-electron chi connectivity index (χ0n) is 8.85. The van der Waals surface area contributed by atoms with Gasteiger partial charge in [0.25, 0.3) is 0 Å². The second-order valence-electron chi connectivity index (χ2n) is 3.24. The summed E-state index contributed by atoms with van der Waals surface area (Å²) >= 11 is 5.38. The Labute approximate surface area is 105 Å². The van der Waals surface area contributed by atoms with E-state index >= 15 is 0 Å². The molecule has 0 heterocycles. The lowest BCUT2D eigenvalue weighted by molar-refractivity contribution is -0.360. The van der Waals surface area contributed by atoms with Crippen molar-refractivity contribution in [2.24, 2.45) is 0 Å². The predicted molar refractivity (Wildman–Crippen MR) is 57.8 cm³/mol. The van der Waals surface area contributed by atoms with Crippen LogP contribution >= 0.6 is 11.6 Å². The van der Waals surface area contributed by atoms with Gasteiger partial charge >= 0.3 is 12.3 Å². The Morgan fingerprint density at radius 3 is 2.06 bits per heavy atom. The molecule has 0 aliphatic carbocycles. The van der Waals surface area contributed by atoms with Crippen LogP contribution in [0.3, 0.4) is 0 Å². The van der Waals surface area contributed by atoms with E-state index in [2.05, 4.69) is 4.74 Å². The van der Waals surface area contributed by atoms with E-state index in [9.17, 15) is 22.0 Å². The summed E-state index contributed by atoms with van der Waals surface area (Å²) in [5, 5.41) is 0. The van der Waals surface area contributed by atoms with Crippen LogP contribution in [0.1, 0.15) is 5.56 Å². The molecule has 1 nitrogen and oxygen atoms in total. The topological polar surface area (TPSA) is 9.23 Å². The first-order chi connectivity index (χ1) is 8.26. The van der Waals surface area contributed by atoms with Gasteiger partial charge in [0.05, 0.1) is 0 Å². The van der Waals surface area contributed by atoms with Gasteiger partial charge < -0.3 is 4.74 Å². The van der Waals surface area contributed by atoms with E-state index in [1.807, 2.05) is 0 Å². The number of benzene rings is 1. The highest BCUT2D eigenvalue weighted by atomic mass is 35.5. The molecule has 7 heteroatoms. The van der Waals surface area contributed by atoms with Gasteiger partial charge in [-0.05, 0) is 17.7 Å². The third kappa shape index (κ3) is 3.87. The molecule has 0 saturated heterocycles. The van der Waals surface area contributed by atoms with Crippen molar-refractivity contribution in [1.82, 2.24) is 0 Å². The van der Waals surface area contributed by atoms with Crippen LogP contribution in [0, 0.1) is 0 Å². The average molecular weight is 287 g/mol. The minimum atomic E-state index is -5.75. The normalized spacial score (nSPS) is 13.0. The molecular formula is C11H8ClF5O. The minimum absolute atomic E-state index is 0.268. The summed E-state index contributed by atoms with van der Waals surface area (Å²) in [6, 6.07) is 4.72. The van der Waals surface area contributed by atoms with Crippen molar-refractivity contribution in [3.63, 3.8) is 0 Å². The van der Waals surface area contributed by atoms with Crippen molar-refractivity contribution >= 4 is 17.7 Å². The maximum Gasteiger partial charge on any atom is 0.499 e. The molecule has 0 radical (unpaired) electrons. The Balaban J connectivity index is 2.78. The van der Waals surface area contributed by atoms with Crippen molar-refractivity contribution < 1.29 is 26.7 Å². The molecule has 0 bridgehead atoms. The second kappa shape index (κ2) is 5.56. The molecule has 0 saturated carbocycles. The lowest BCUT2D eigenvalue weighted by atomic mass is 10.2. The first-order valence-corrected chi connectivity index (χ1v) is 5.26. The quantitative estimate of drug-likeness (QED) is 0.586. The summed E-state index contributed by atoms with van der Waals surface area (Å²) in [4.78, 5) is 0. The molecule has 0 aromatic heterocycles. The van der Waals surface area contributed by atoms with Crippen LogP contribution in [0.5, 0.6) is 5.75 Å². The molecule has 1 aromatic rings. The van der Waals surface area contributed by atoms with Gasteiger partial charge in [-0.2, -0.15) is 22.0 Å². The fourth-order valence-electron chi connectivity index (χ4n) is 1.03. The number of hydrogen-bond acceptors (Lipinski definition) is 1. The molecule has 0 aliphatic heterocycles. The van der Waals surface area contributed by atoms with Gasteiger partial charge in [-0.3, -0.25) is 0 Å². The first-order valence-electron chi connectivity index (χ1n) is 4.72. The molecule has 0 atom stereocenters. The molecule has 0 spiro atoms. The molecule has 1 aromatic carbocycles. The number of rotatable bonds is 4. The molecule has 1 rings (SSSR count). The zero-order valence-corrected chi connectivity index (χ0v) is 9.60. The monoisotopic (exact) mass is 286 g/mol. The molecule has 18 heavy (non-hydrogen) atoms. The summed E-state index contributed by atoms with van der Waals surface area (Å²) in [6.45, 7) is 0. The Hall–Kier alpha value is -1.30. The second-order valence-corrected chi connectivity index (χ2v) is 3.55. The number of hydrogen-bond donors (Lipinski definition) is 0. The van der Waals surface area contributed by atoms with E-state index in [1.165, 1.54) is 12.1 Å². The summed E-state index contributed by atoms with van der Waals surface area (Å²) in [7, 11) is 0. The number of alkyl halides is 6. The first kappa shape index (κ1) is 14.8. The Kier molecular flexibility index (Phi) is 4.56. The third-order valence-electron chi connectivity index (χ3n) is 1.86. The molecule has 100 valence electrons. The van der Waals surface area contributed by atoms with Gasteiger partial charge in [0.1, 0.15) is 5.75 Å². The largest absolute Gasteiger partial charge is 0.499 e. The molecule has 0 fully saturated rings. The van der Waals surface area contributed by atoms with Crippen LogP contribution in [-0.4, -0.2) is 18.2 Å².